The first-order chi connectivity index (χ1) is 16.3. The number of aromatic nitrogens is 1. The highest BCUT2D eigenvalue weighted by Crippen LogP contribution is 2.24. The molecule has 9 heteroatoms. The van der Waals surface area contributed by atoms with Crippen molar-refractivity contribution in [3.8, 4) is 5.75 Å². The van der Waals surface area contributed by atoms with Crippen LogP contribution < -0.4 is 13.8 Å². The van der Waals surface area contributed by atoms with E-state index >= 15 is 0 Å². The Balaban J connectivity index is 1.66. The van der Waals surface area contributed by atoms with Crippen LogP contribution in [0.2, 0.25) is 0 Å². The number of allylic oxidation sites excluding steroid dienone is 1. The van der Waals surface area contributed by atoms with Crippen molar-refractivity contribution in [2.75, 3.05) is 18.5 Å². The van der Waals surface area contributed by atoms with Crippen LogP contribution in [0.25, 0.3) is 10.2 Å². The molecular formula is C25H23N3O4S2. The van der Waals surface area contributed by atoms with Crippen molar-refractivity contribution in [1.82, 2.24) is 4.57 Å². The van der Waals surface area contributed by atoms with Crippen molar-refractivity contribution in [3.05, 3.63) is 95.8 Å². The summed E-state index contributed by atoms with van der Waals surface area (Å²) in [4.78, 5) is 17.8. The minimum atomic E-state index is -3.76. The summed E-state index contributed by atoms with van der Waals surface area (Å²) in [6.07, 6.45) is 1.74. The summed E-state index contributed by atoms with van der Waals surface area (Å²) in [5.74, 6) is 0.256. The van der Waals surface area contributed by atoms with E-state index in [4.69, 9.17) is 4.74 Å². The van der Waals surface area contributed by atoms with Gasteiger partial charge in [0.1, 0.15) is 5.75 Å². The number of para-hydroxylation sites is 1. The number of rotatable bonds is 7. The number of ether oxygens (including phenoxy) is 1. The van der Waals surface area contributed by atoms with Crippen LogP contribution in [-0.2, 0) is 16.6 Å². The van der Waals surface area contributed by atoms with Crippen molar-refractivity contribution >= 4 is 43.2 Å². The third-order valence-electron chi connectivity index (χ3n) is 5.28. The first-order valence-electron chi connectivity index (χ1n) is 10.4. The quantitative estimate of drug-likeness (QED) is 0.356. The molecule has 0 saturated carbocycles. The number of benzene rings is 3. The van der Waals surface area contributed by atoms with Crippen molar-refractivity contribution in [1.29, 1.82) is 0 Å². The molecule has 1 heterocycles. The Bertz CT molecular complexity index is 1520. The highest BCUT2D eigenvalue weighted by atomic mass is 32.2. The van der Waals surface area contributed by atoms with E-state index in [9.17, 15) is 13.2 Å². The smallest absolute Gasteiger partial charge is 0.279 e. The van der Waals surface area contributed by atoms with E-state index in [0.717, 1.165) is 16.0 Å². The molecule has 7 nitrogen and oxygen atoms in total. The molecule has 0 atom stereocenters. The molecule has 0 N–H and O–H groups in total. The third kappa shape index (κ3) is 4.52. The first-order valence-corrected chi connectivity index (χ1v) is 12.6. The van der Waals surface area contributed by atoms with Crippen molar-refractivity contribution in [3.63, 3.8) is 0 Å². The number of methoxy groups -OCH3 is 1. The fraction of sp³-hybridized carbons (Fsp3) is 0.120. The summed E-state index contributed by atoms with van der Waals surface area (Å²) < 4.78 is 35.3. The molecule has 0 bridgehead atoms. The van der Waals surface area contributed by atoms with E-state index in [2.05, 4.69) is 11.6 Å². The number of nitrogens with zero attached hydrogens (tertiary/aromatic N) is 3. The van der Waals surface area contributed by atoms with Gasteiger partial charge in [-0.05, 0) is 54.6 Å². The number of thiazole rings is 1. The van der Waals surface area contributed by atoms with Gasteiger partial charge in [-0.2, -0.15) is 4.99 Å². The summed E-state index contributed by atoms with van der Waals surface area (Å²) in [6.45, 7) is 4.28. The molecule has 0 radical (unpaired) electrons. The van der Waals surface area contributed by atoms with Crippen molar-refractivity contribution in [2.45, 2.75) is 11.4 Å². The SMILES string of the molecule is C=CCn1c(=NC(=O)c2ccc(S(=O)(=O)N(C)c3ccccc3)cc2)sc2cc(OC)ccc21. The molecule has 0 fully saturated rings. The zero-order valence-electron chi connectivity index (χ0n) is 18.7. The molecule has 1 amide bonds. The normalized spacial score (nSPS) is 12.0. The van der Waals surface area contributed by atoms with Crippen LogP contribution in [0.1, 0.15) is 10.4 Å². The number of amides is 1. The minimum Gasteiger partial charge on any atom is -0.497 e. The molecule has 0 aliphatic heterocycles. The highest BCUT2D eigenvalue weighted by molar-refractivity contribution is 7.92. The van der Waals surface area contributed by atoms with Gasteiger partial charge in [-0.3, -0.25) is 9.10 Å². The summed E-state index contributed by atoms with van der Waals surface area (Å²) in [5, 5.41) is 0. The van der Waals surface area contributed by atoms with Gasteiger partial charge in [0.15, 0.2) is 4.80 Å². The van der Waals surface area contributed by atoms with E-state index in [1.165, 1.54) is 47.0 Å². The van der Waals surface area contributed by atoms with E-state index in [0.29, 0.717) is 22.6 Å². The zero-order chi connectivity index (χ0) is 24.3. The molecule has 4 rings (SSSR count). The van der Waals surface area contributed by atoms with Gasteiger partial charge in [0.25, 0.3) is 15.9 Å². The Morgan fingerprint density at radius 3 is 2.47 bits per heavy atom. The molecule has 1 aromatic heterocycles. The van der Waals surface area contributed by atoms with E-state index in [-0.39, 0.29) is 4.90 Å². The second-order valence-corrected chi connectivity index (χ2v) is 10.3. The number of anilines is 1. The maximum atomic E-state index is 13.0. The molecule has 4 aromatic rings. The molecule has 0 unspecified atom stereocenters. The highest BCUT2D eigenvalue weighted by Gasteiger charge is 2.21. The van der Waals surface area contributed by atoms with Crippen LogP contribution in [0.5, 0.6) is 5.75 Å². The monoisotopic (exact) mass is 493 g/mol. The maximum absolute atomic E-state index is 13.0. The summed E-state index contributed by atoms with van der Waals surface area (Å²) >= 11 is 1.37. The van der Waals surface area contributed by atoms with Gasteiger partial charge in [0.2, 0.25) is 0 Å². The number of carbonyl (C=O) groups excluding carboxylic acids is 1. The van der Waals surface area contributed by atoms with Gasteiger partial charge in [-0.1, -0.05) is 35.6 Å². The Labute approximate surface area is 201 Å². The number of carbonyl (C=O) groups is 1. The van der Waals surface area contributed by atoms with Crippen LogP contribution in [-0.4, -0.2) is 33.0 Å². The van der Waals surface area contributed by atoms with Crippen LogP contribution >= 0.6 is 11.3 Å². The predicted octanol–water partition coefficient (Wildman–Crippen LogP) is 4.46. The Morgan fingerprint density at radius 1 is 1.12 bits per heavy atom. The second kappa shape index (κ2) is 9.66. The summed E-state index contributed by atoms with van der Waals surface area (Å²) in [7, 11) is -0.671. The largest absolute Gasteiger partial charge is 0.497 e. The first kappa shape index (κ1) is 23.5. The molecule has 0 aliphatic rings. The molecule has 0 aliphatic carbocycles. The minimum absolute atomic E-state index is 0.0890. The fourth-order valence-corrected chi connectivity index (χ4v) is 5.69. The average Bonchev–Trinajstić information content (AvgIpc) is 3.20. The van der Waals surface area contributed by atoms with Gasteiger partial charge in [0.05, 0.1) is 27.9 Å². The molecular weight excluding hydrogens is 470 g/mol. The number of hydrogen-bond acceptors (Lipinski definition) is 5. The van der Waals surface area contributed by atoms with Gasteiger partial charge in [-0.25, -0.2) is 8.42 Å². The standard InChI is InChI=1S/C25H23N3O4S2/c1-4-16-28-22-15-12-20(32-3)17-23(22)33-25(28)26-24(29)18-10-13-21(14-11-18)34(30,31)27(2)19-8-6-5-7-9-19/h4-15,17H,1,16H2,2-3H3. The van der Waals surface area contributed by atoms with Crippen LogP contribution in [0, 0.1) is 0 Å². The molecule has 174 valence electrons. The number of sulfonamides is 1. The van der Waals surface area contributed by atoms with E-state index in [1.54, 1.807) is 37.5 Å². The van der Waals surface area contributed by atoms with Crippen LogP contribution in [0.15, 0.2) is 95.3 Å². The van der Waals surface area contributed by atoms with Crippen LogP contribution in [0.3, 0.4) is 0 Å². The third-order valence-corrected chi connectivity index (χ3v) is 8.12. The zero-order valence-corrected chi connectivity index (χ0v) is 20.3. The Morgan fingerprint density at radius 2 is 1.82 bits per heavy atom. The maximum Gasteiger partial charge on any atom is 0.279 e. The summed E-state index contributed by atoms with van der Waals surface area (Å²) in [5.41, 5.74) is 1.76. The van der Waals surface area contributed by atoms with Crippen molar-refractivity contribution < 1.29 is 17.9 Å². The number of fused-ring (bicyclic) bond motifs is 1. The predicted molar refractivity (Wildman–Crippen MR) is 135 cm³/mol. The fourth-order valence-electron chi connectivity index (χ4n) is 3.43. The molecule has 3 aromatic carbocycles. The average molecular weight is 494 g/mol. The second-order valence-electron chi connectivity index (χ2n) is 7.37. The van der Waals surface area contributed by atoms with Gasteiger partial charge in [0, 0.05) is 19.2 Å². The Hall–Kier alpha value is -3.69. The lowest BCUT2D eigenvalue weighted by Crippen LogP contribution is -2.26. The van der Waals surface area contributed by atoms with Gasteiger partial charge < -0.3 is 9.30 Å². The van der Waals surface area contributed by atoms with Crippen LogP contribution in [0.4, 0.5) is 5.69 Å². The lowest BCUT2D eigenvalue weighted by molar-refractivity contribution is 0.0998. The Kier molecular flexibility index (Phi) is 6.67. The topological polar surface area (TPSA) is 81.0 Å². The lowest BCUT2D eigenvalue weighted by atomic mass is 10.2. The summed E-state index contributed by atoms with van der Waals surface area (Å²) in [6, 6.07) is 20.3. The molecule has 0 spiro atoms. The van der Waals surface area contributed by atoms with E-state index < -0.39 is 15.9 Å². The van der Waals surface area contributed by atoms with Crippen molar-refractivity contribution in [2.24, 2.45) is 4.99 Å². The van der Waals surface area contributed by atoms with Gasteiger partial charge in [-0.15, -0.1) is 6.58 Å². The molecule has 0 saturated heterocycles. The molecule has 34 heavy (non-hydrogen) atoms. The van der Waals surface area contributed by atoms with Gasteiger partial charge >= 0.3 is 0 Å². The van der Waals surface area contributed by atoms with E-state index in [1.807, 2.05) is 28.8 Å². The lowest BCUT2D eigenvalue weighted by Gasteiger charge is -2.19. The number of hydrogen-bond donors (Lipinski definition) is 0.